The summed E-state index contributed by atoms with van der Waals surface area (Å²) in [6.07, 6.45) is 0. The number of para-hydroxylation sites is 2. The molecule has 0 saturated heterocycles. The van der Waals surface area contributed by atoms with Gasteiger partial charge in [-0.2, -0.15) is 5.10 Å². The van der Waals surface area contributed by atoms with E-state index in [1.807, 2.05) is 36.4 Å². The van der Waals surface area contributed by atoms with E-state index in [0.717, 1.165) is 5.75 Å². The summed E-state index contributed by atoms with van der Waals surface area (Å²) in [5, 5.41) is 19.5. The van der Waals surface area contributed by atoms with Crippen molar-refractivity contribution in [3.63, 3.8) is 0 Å². The van der Waals surface area contributed by atoms with Crippen LogP contribution in [0.5, 0.6) is 11.5 Å². The van der Waals surface area contributed by atoms with Gasteiger partial charge in [0, 0.05) is 5.56 Å². The fraction of sp³-hybridized carbons (Fsp3) is 0.158. The van der Waals surface area contributed by atoms with Crippen LogP contribution < -0.4 is 10.1 Å². The normalized spacial score (nSPS) is 11.7. The lowest BCUT2D eigenvalue weighted by Gasteiger charge is -2.14. The lowest BCUT2D eigenvalue weighted by molar-refractivity contribution is 0.0934. The van der Waals surface area contributed by atoms with Crippen LogP contribution in [0.1, 0.15) is 34.7 Å². The highest BCUT2D eigenvalue weighted by molar-refractivity contribution is 5.92. The van der Waals surface area contributed by atoms with Gasteiger partial charge >= 0.3 is 0 Å². The van der Waals surface area contributed by atoms with Gasteiger partial charge in [0.2, 0.25) is 0 Å². The highest BCUT2D eigenvalue weighted by Gasteiger charge is 2.16. The maximum atomic E-state index is 12.3. The average molecular weight is 337 g/mol. The van der Waals surface area contributed by atoms with E-state index in [2.05, 4.69) is 15.5 Å². The minimum absolute atomic E-state index is 0.147. The maximum Gasteiger partial charge on any atom is 0.272 e. The van der Waals surface area contributed by atoms with E-state index >= 15 is 0 Å². The summed E-state index contributed by atoms with van der Waals surface area (Å²) >= 11 is 0. The molecule has 6 nitrogen and oxygen atoms in total. The number of phenols is 1. The van der Waals surface area contributed by atoms with E-state index in [9.17, 15) is 9.90 Å². The number of carbonyl (C=O) groups excluding carboxylic acids is 1. The molecule has 1 atom stereocenters. The molecule has 0 spiro atoms. The number of benzene rings is 2. The van der Waals surface area contributed by atoms with Gasteiger partial charge in [0.15, 0.2) is 0 Å². The zero-order valence-electron chi connectivity index (χ0n) is 13.8. The molecule has 0 aliphatic rings. The average Bonchev–Trinajstić information content (AvgIpc) is 3.10. The van der Waals surface area contributed by atoms with Crippen molar-refractivity contribution >= 4 is 5.91 Å². The molecule has 0 bridgehead atoms. The van der Waals surface area contributed by atoms with Crippen molar-refractivity contribution in [2.24, 2.45) is 0 Å². The highest BCUT2D eigenvalue weighted by Crippen LogP contribution is 2.23. The summed E-state index contributed by atoms with van der Waals surface area (Å²) in [6.45, 7) is 2.10. The first-order chi connectivity index (χ1) is 12.1. The number of nitrogens with one attached hydrogen (secondary N) is 2. The summed E-state index contributed by atoms with van der Waals surface area (Å²) in [5.41, 5.74) is 1.62. The van der Waals surface area contributed by atoms with Crippen molar-refractivity contribution in [1.82, 2.24) is 15.5 Å². The fourth-order valence-electron chi connectivity index (χ4n) is 2.43. The zero-order chi connectivity index (χ0) is 17.6. The molecule has 0 fully saturated rings. The molecule has 1 aromatic heterocycles. The molecule has 3 N–H and O–H groups in total. The molecule has 1 amide bonds. The quantitative estimate of drug-likeness (QED) is 0.645. The van der Waals surface area contributed by atoms with Crippen LogP contribution in [-0.4, -0.2) is 21.2 Å². The Balaban J connectivity index is 1.60. The highest BCUT2D eigenvalue weighted by atomic mass is 16.5. The Hall–Kier alpha value is -3.28. The SMILES string of the molecule is CC(NC(=O)c1cc(COc2ccccc2)[nH]n1)c1ccccc1O. The predicted octanol–water partition coefficient (Wildman–Crippen LogP) is 3.19. The van der Waals surface area contributed by atoms with Crippen molar-refractivity contribution in [3.8, 4) is 11.5 Å². The summed E-state index contributed by atoms with van der Waals surface area (Å²) in [7, 11) is 0. The number of hydrogen-bond acceptors (Lipinski definition) is 4. The molecule has 3 aromatic rings. The van der Waals surface area contributed by atoms with Crippen LogP contribution in [0.2, 0.25) is 0 Å². The molecule has 128 valence electrons. The Morgan fingerprint density at radius 1 is 1.20 bits per heavy atom. The number of ether oxygens (including phenoxy) is 1. The molecule has 0 aliphatic carbocycles. The van der Waals surface area contributed by atoms with E-state index in [4.69, 9.17) is 4.74 Å². The van der Waals surface area contributed by atoms with E-state index < -0.39 is 0 Å². The van der Waals surface area contributed by atoms with Gasteiger partial charge in [-0.05, 0) is 31.2 Å². The van der Waals surface area contributed by atoms with Crippen LogP contribution in [0, 0.1) is 0 Å². The zero-order valence-corrected chi connectivity index (χ0v) is 13.8. The first kappa shape index (κ1) is 16.6. The Bertz CT molecular complexity index is 846. The second-order valence-corrected chi connectivity index (χ2v) is 5.63. The minimum Gasteiger partial charge on any atom is -0.508 e. The van der Waals surface area contributed by atoms with Gasteiger partial charge in [0.1, 0.15) is 23.8 Å². The number of hydrogen-bond donors (Lipinski definition) is 3. The second-order valence-electron chi connectivity index (χ2n) is 5.63. The van der Waals surface area contributed by atoms with Gasteiger partial charge in [-0.1, -0.05) is 36.4 Å². The minimum atomic E-state index is -0.339. The van der Waals surface area contributed by atoms with Gasteiger partial charge in [0.25, 0.3) is 5.91 Å². The van der Waals surface area contributed by atoms with Crippen LogP contribution >= 0.6 is 0 Å². The molecule has 1 unspecified atom stereocenters. The van der Waals surface area contributed by atoms with Gasteiger partial charge in [-0.15, -0.1) is 0 Å². The number of carbonyl (C=O) groups is 1. The van der Waals surface area contributed by atoms with Crippen LogP contribution in [0.3, 0.4) is 0 Å². The van der Waals surface area contributed by atoms with E-state index in [-0.39, 0.29) is 23.4 Å². The Kier molecular flexibility index (Phi) is 4.99. The third-order valence-corrected chi connectivity index (χ3v) is 3.75. The maximum absolute atomic E-state index is 12.3. The predicted molar refractivity (Wildman–Crippen MR) is 93.3 cm³/mol. The van der Waals surface area contributed by atoms with Crippen molar-refractivity contribution in [2.75, 3.05) is 0 Å². The number of phenolic OH excluding ortho intramolecular Hbond substituents is 1. The monoisotopic (exact) mass is 337 g/mol. The van der Waals surface area contributed by atoms with Gasteiger partial charge in [-0.25, -0.2) is 0 Å². The van der Waals surface area contributed by atoms with E-state index in [0.29, 0.717) is 17.9 Å². The standard InChI is InChI=1S/C19H19N3O3/c1-13(16-9-5-6-10-18(16)23)20-19(24)17-11-14(21-22-17)12-25-15-7-3-2-4-8-15/h2-11,13,23H,12H2,1H3,(H,20,24)(H,21,22). The van der Waals surface area contributed by atoms with Crippen LogP contribution in [0.15, 0.2) is 60.7 Å². The molecule has 6 heteroatoms. The van der Waals surface area contributed by atoms with E-state index in [1.54, 1.807) is 31.2 Å². The molecular formula is C19H19N3O3. The number of nitrogens with zero attached hydrogens (tertiary/aromatic N) is 1. The first-order valence-corrected chi connectivity index (χ1v) is 7.94. The summed E-state index contributed by atoms with van der Waals surface area (Å²) < 4.78 is 5.62. The summed E-state index contributed by atoms with van der Waals surface area (Å²) in [5.74, 6) is 0.573. The Morgan fingerprint density at radius 3 is 2.68 bits per heavy atom. The van der Waals surface area contributed by atoms with Gasteiger partial charge in [0.05, 0.1) is 11.7 Å². The largest absolute Gasteiger partial charge is 0.508 e. The summed E-state index contributed by atoms with van der Waals surface area (Å²) in [6, 6.07) is 17.6. The smallest absolute Gasteiger partial charge is 0.272 e. The van der Waals surface area contributed by atoms with Crippen molar-refractivity contribution in [3.05, 3.63) is 77.6 Å². The van der Waals surface area contributed by atoms with Crippen molar-refractivity contribution in [1.29, 1.82) is 0 Å². The van der Waals surface area contributed by atoms with Crippen LogP contribution in [0.25, 0.3) is 0 Å². The third kappa shape index (κ3) is 4.17. The molecule has 25 heavy (non-hydrogen) atoms. The van der Waals surface area contributed by atoms with E-state index in [1.165, 1.54) is 0 Å². The molecule has 0 aliphatic heterocycles. The molecular weight excluding hydrogens is 318 g/mol. The fourth-order valence-corrected chi connectivity index (χ4v) is 2.43. The number of aromatic hydroxyl groups is 1. The third-order valence-electron chi connectivity index (χ3n) is 3.75. The number of H-pyrrole nitrogens is 1. The Morgan fingerprint density at radius 2 is 1.92 bits per heavy atom. The molecule has 2 aromatic carbocycles. The molecule has 3 rings (SSSR count). The van der Waals surface area contributed by atoms with Crippen molar-refractivity contribution in [2.45, 2.75) is 19.6 Å². The topological polar surface area (TPSA) is 87.2 Å². The van der Waals surface area contributed by atoms with Crippen LogP contribution in [0.4, 0.5) is 0 Å². The second kappa shape index (κ2) is 7.53. The lowest BCUT2D eigenvalue weighted by atomic mass is 10.1. The molecule has 0 saturated carbocycles. The number of aromatic amines is 1. The number of amides is 1. The molecule has 0 radical (unpaired) electrons. The summed E-state index contributed by atoms with van der Waals surface area (Å²) in [4.78, 5) is 12.3. The van der Waals surface area contributed by atoms with Gasteiger partial charge < -0.3 is 15.2 Å². The van der Waals surface area contributed by atoms with Gasteiger partial charge in [-0.3, -0.25) is 9.89 Å². The number of aromatic nitrogens is 2. The van der Waals surface area contributed by atoms with Crippen LogP contribution in [-0.2, 0) is 6.61 Å². The molecule has 1 heterocycles. The number of rotatable bonds is 6. The van der Waals surface area contributed by atoms with Crippen molar-refractivity contribution < 1.29 is 14.6 Å². The lowest BCUT2D eigenvalue weighted by Crippen LogP contribution is -2.27. The first-order valence-electron chi connectivity index (χ1n) is 7.94. The Labute approximate surface area is 145 Å².